The Labute approximate surface area is 110 Å². The van der Waals surface area contributed by atoms with Gasteiger partial charge in [-0.05, 0) is 13.0 Å². The van der Waals surface area contributed by atoms with Crippen LogP contribution in [-0.4, -0.2) is 34.9 Å². The Balaban J connectivity index is 2.13. The maximum Gasteiger partial charge on any atom is 0.378 e. The van der Waals surface area contributed by atoms with E-state index in [2.05, 4.69) is 15.2 Å². The monoisotopic (exact) mass is 261 g/mol. The molecule has 0 atom stereocenters. The van der Waals surface area contributed by atoms with Crippen LogP contribution in [0.15, 0.2) is 24.3 Å². The molecular weight excluding hydrogens is 246 g/mol. The third-order valence-electron chi connectivity index (χ3n) is 2.54. The molecule has 2 aromatic rings. The highest BCUT2D eigenvalue weighted by Gasteiger charge is 2.14. The van der Waals surface area contributed by atoms with Crippen molar-refractivity contribution in [3.63, 3.8) is 0 Å². The molecule has 0 amide bonds. The largest absolute Gasteiger partial charge is 0.496 e. The molecule has 100 valence electrons. The Morgan fingerprint density at radius 2 is 2.16 bits per heavy atom. The van der Waals surface area contributed by atoms with Gasteiger partial charge in [-0.1, -0.05) is 18.2 Å². The molecule has 6 heteroatoms. The van der Waals surface area contributed by atoms with Gasteiger partial charge in [0.05, 0.1) is 13.7 Å². The van der Waals surface area contributed by atoms with E-state index >= 15 is 0 Å². The number of nitrogens with zero attached hydrogens (tertiary/aromatic N) is 2. The third-order valence-corrected chi connectivity index (χ3v) is 2.54. The Morgan fingerprint density at radius 1 is 1.37 bits per heavy atom. The van der Waals surface area contributed by atoms with E-state index in [0.29, 0.717) is 18.9 Å². The Hall–Kier alpha value is -2.37. The number of rotatable bonds is 5. The van der Waals surface area contributed by atoms with E-state index in [1.165, 1.54) is 0 Å². The van der Waals surface area contributed by atoms with Crippen LogP contribution in [-0.2, 0) is 11.2 Å². The average molecular weight is 261 g/mol. The molecule has 19 heavy (non-hydrogen) atoms. The first-order chi connectivity index (χ1) is 9.24. The second-order valence-corrected chi connectivity index (χ2v) is 3.81. The van der Waals surface area contributed by atoms with Crippen molar-refractivity contribution < 1.29 is 14.3 Å². The molecule has 1 aromatic heterocycles. The number of para-hydroxylation sites is 1. The number of H-pyrrole nitrogens is 1. The van der Waals surface area contributed by atoms with Crippen molar-refractivity contribution >= 4 is 5.97 Å². The zero-order valence-electron chi connectivity index (χ0n) is 10.8. The molecule has 0 bridgehead atoms. The summed E-state index contributed by atoms with van der Waals surface area (Å²) >= 11 is 0. The second kappa shape index (κ2) is 5.99. The van der Waals surface area contributed by atoms with Gasteiger partial charge in [0.2, 0.25) is 0 Å². The van der Waals surface area contributed by atoms with Crippen molar-refractivity contribution in [2.75, 3.05) is 13.7 Å². The quantitative estimate of drug-likeness (QED) is 0.827. The van der Waals surface area contributed by atoms with Gasteiger partial charge in [0.15, 0.2) is 0 Å². The number of carbonyl (C=O) groups is 1. The van der Waals surface area contributed by atoms with Crippen LogP contribution in [0.25, 0.3) is 0 Å². The van der Waals surface area contributed by atoms with Crippen LogP contribution in [0.3, 0.4) is 0 Å². The molecule has 6 nitrogen and oxygen atoms in total. The number of aromatic amines is 1. The molecule has 0 saturated carbocycles. The van der Waals surface area contributed by atoms with Gasteiger partial charge in [-0.15, -0.1) is 5.10 Å². The second-order valence-electron chi connectivity index (χ2n) is 3.81. The van der Waals surface area contributed by atoms with E-state index in [4.69, 9.17) is 9.47 Å². The fourth-order valence-electron chi connectivity index (χ4n) is 1.69. The maximum absolute atomic E-state index is 11.4. The van der Waals surface area contributed by atoms with Gasteiger partial charge in [0.1, 0.15) is 11.6 Å². The summed E-state index contributed by atoms with van der Waals surface area (Å²) in [7, 11) is 1.61. The van der Waals surface area contributed by atoms with E-state index in [0.717, 1.165) is 11.3 Å². The lowest BCUT2D eigenvalue weighted by atomic mass is 10.1. The van der Waals surface area contributed by atoms with E-state index in [1.54, 1.807) is 14.0 Å². The summed E-state index contributed by atoms with van der Waals surface area (Å²) in [4.78, 5) is 15.5. The Kier molecular flexibility index (Phi) is 4.12. The van der Waals surface area contributed by atoms with Crippen molar-refractivity contribution in [2.45, 2.75) is 13.3 Å². The lowest BCUT2D eigenvalue weighted by Gasteiger charge is -2.05. The minimum Gasteiger partial charge on any atom is -0.496 e. The SMILES string of the molecule is CCOC(=O)c1n[nH]c(Cc2ccccc2OC)n1. The van der Waals surface area contributed by atoms with Crippen molar-refractivity contribution in [1.82, 2.24) is 15.2 Å². The van der Waals surface area contributed by atoms with Crippen LogP contribution in [0.1, 0.15) is 28.9 Å². The Morgan fingerprint density at radius 3 is 2.89 bits per heavy atom. The van der Waals surface area contributed by atoms with Gasteiger partial charge in [0.25, 0.3) is 5.82 Å². The molecule has 1 heterocycles. The number of hydrogen-bond donors (Lipinski definition) is 1. The van der Waals surface area contributed by atoms with Gasteiger partial charge in [-0.25, -0.2) is 9.78 Å². The molecular formula is C13H15N3O3. The number of esters is 1. The van der Waals surface area contributed by atoms with Gasteiger partial charge in [0, 0.05) is 12.0 Å². The third kappa shape index (κ3) is 3.09. The van der Waals surface area contributed by atoms with Gasteiger partial charge < -0.3 is 9.47 Å². The highest BCUT2D eigenvalue weighted by Crippen LogP contribution is 2.19. The minimum atomic E-state index is -0.523. The normalized spacial score (nSPS) is 10.2. The molecule has 0 radical (unpaired) electrons. The van der Waals surface area contributed by atoms with Crippen LogP contribution >= 0.6 is 0 Å². The number of carbonyl (C=O) groups excluding carboxylic acids is 1. The maximum atomic E-state index is 11.4. The van der Waals surface area contributed by atoms with Crippen molar-refractivity contribution in [2.24, 2.45) is 0 Å². The summed E-state index contributed by atoms with van der Waals surface area (Å²) in [5.74, 6) is 0.890. The zero-order chi connectivity index (χ0) is 13.7. The topological polar surface area (TPSA) is 77.1 Å². The molecule has 1 aromatic carbocycles. The summed E-state index contributed by atoms with van der Waals surface area (Å²) in [5.41, 5.74) is 0.969. The Bertz CT molecular complexity index is 566. The number of nitrogens with one attached hydrogen (secondary N) is 1. The molecule has 2 rings (SSSR count). The van der Waals surface area contributed by atoms with E-state index < -0.39 is 5.97 Å². The fraction of sp³-hybridized carbons (Fsp3) is 0.308. The summed E-state index contributed by atoms with van der Waals surface area (Å²) in [6.45, 7) is 2.04. The lowest BCUT2D eigenvalue weighted by molar-refractivity contribution is 0.0512. The van der Waals surface area contributed by atoms with Crippen LogP contribution in [0.4, 0.5) is 0 Å². The first kappa shape index (κ1) is 13.1. The molecule has 0 saturated heterocycles. The van der Waals surface area contributed by atoms with E-state index in [9.17, 15) is 4.79 Å². The fourth-order valence-corrected chi connectivity index (χ4v) is 1.69. The summed E-state index contributed by atoms with van der Waals surface area (Å²) in [6, 6.07) is 7.62. The van der Waals surface area contributed by atoms with Crippen LogP contribution in [0.5, 0.6) is 5.75 Å². The van der Waals surface area contributed by atoms with E-state index in [-0.39, 0.29) is 5.82 Å². The predicted molar refractivity (Wildman–Crippen MR) is 68.1 cm³/mol. The highest BCUT2D eigenvalue weighted by atomic mass is 16.5. The number of hydrogen-bond acceptors (Lipinski definition) is 5. The first-order valence-corrected chi connectivity index (χ1v) is 5.95. The first-order valence-electron chi connectivity index (χ1n) is 5.95. The van der Waals surface area contributed by atoms with Crippen LogP contribution < -0.4 is 4.74 Å². The predicted octanol–water partition coefficient (Wildman–Crippen LogP) is 1.58. The molecule has 0 unspecified atom stereocenters. The van der Waals surface area contributed by atoms with Gasteiger partial charge in [-0.2, -0.15) is 0 Å². The van der Waals surface area contributed by atoms with Crippen molar-refractivity contribution in [3.05, 3.63) is 41.5 Å². The standard InChI is InChI=1S/C13H15N3O3/c1-3-19-13(17)12-14-11(15-16-12)8-9-6-4-5-7-10(9)18-2/h4-7H,3,8H2,1-2H3,(H,14,15,16). The molecule has 0 aliphatic rings. The molecule has 0 aliphatic carbocycles. The lowest BCUT2D eigenvalue weighted by Crippen LogP contribution is -2.06. The smallest absolute Gasteiger partial charge is 0.378 e. The molecule has 0 spiro atoms. The molecule has 0 fully saturated rings. The summed E-state index contributed by atoms with van der Waals surface area (Å²) in [6.07, 6.45) is 0.510. The van der Waals surface area contributed by atoms with E-state index in [1.807, 2.05) is 24.3 Å². The number of benzene rings is 1. The number of methoxy groups -OCH3 is 1. The van der Waals surface area contributed by atoms with Gasteiger partial charge >= 0.3 is 5.97 Å². The van der Waals surface area contributed by atoms with Gasteiger partial charge in [-0.3, -0.25) is 5.10 Å². The summed E-state index contributed by atoms with van der Waals surface area (Å²) < 4.78 is 10.1. The molecule has 0 aliphatic heterocycles. The zero-order valence-corrected chi connectivity index (χ0v) is 10.8. The van der Waals surface area contributed by atoms with Crippen LogP contribution in [0, 0.1) is 0 Å². The summed E-state index contributed by atoms with van der Waals surface area (Å²) in [5, 5.41) is 6.56. The molecule has 1 N–H and O–H groups in total. The van der Waals surface area contributed by atoms with Crippen molar-refractivity contribution in [1.29, 1.82) is 0 Å². The van der Waals surface area contributed by atoms with Crippen molar-refractivity contribution in [3.8, 4) is 5.75 Å². The minimum absolute atomic E-state index is 0.0479. The van der Waals surface area contributed by atoms with Crippen LogP contribution in [0.2, 0.25) is 0 Å². The average Bonchev–Trinajstić information content (AvgIpc) is 2.88. The highest BCUT2D eigenvalue weighted by molar-refractivity contribution is 5.84. The number of aromatic nitrogens is 3. The number of ether oxygens (including phenoxy) is 2.